The van der Waals surface area contributed by atoms with Gasteiger partial charge in [-0.3, -0.25) is 4.79 Å². The molecular weight excluding hydrogens is 418 g/mol. The zero-order valence-electron chi connectivity index (χ0n) is 16.3. The third kappa shape index (κ3) is 4.37. The number of hydrogen-bond donors (Lipinski definition) is 3. The van der Waals surface area contributed by atoms with Crippen molar-refractivity contribution in [1.82, 2.24) is 9.88 Å². The van der Waals surface area contributed by atoms with E-state index in [-0.39, 0.29) is 5.91 Å². The molecule has 0 atom stereocenters. The molecule has 2 aromatic carbocycles. The molecule has 0 spiro atoms. The average molecular weight is 440 g/mol. The Kier molecular flexibility index (Phi) is 5.82. The van der Waals surface area contributed by atoms with Gasteiger partial charge in [0.05, 0.1) is 30.7 Å². The van der Waals surface area contributed by atoms with Crippen molar-refractivity contribution in [2.45, 2.75) is 13.0 Å². The summed E-state index contributed by atoms with van der Waals surface area (Å²) in [7, 11) is 1.56. The number of ether oxygens (including phenoxy) is 1. The average Bonchev–Trinajstić information content (AvgIpc) is 3.19. The van der Waals surface area contributed by atoms with E-state index >= 15 is 0 Å². The zero-order chi connectivity index (χ0) is 21.1. The maximum absolute atomic E-state index is 12.7. The van der Waals surface area contributed by atoms with Gasteiger partial charge in [-0.15, -0.1) is 11.3 Å². The minimum atomic E-state index is -0.286. The number of amides is 1. The fourth-order valence-corrected chi connectivity index (χ4v) is 4.43. The van der Waals surface area contributed by atoms with Crippen LogP contribution in [0.4, 0.5) is 17.1 Å². The highest BCUT2D eigenvalue weighted by Crippen LogP contribution is 2.28. The van der Waals surface area contributed by atoms with E-state index in [0.717, 1.165) is 29.2 Å². The van der Waals surface area contributed by atoms with E-state index in [4.69, 9.17) is 22.7 Å². The third-order valence-corrected chi connectivity index (χ3v) is 6.19. The van der Waals surface area contributed by atoms with E-state index in [1.807, 2.05) is 30.3 Å². The van der Waals surface area contributed by atoms with E-state index in [9.17, 15) is 4.79 Å². The van der Waals surface area contributed by atoms with Crippen LogP contribution in [0.2, 0.25) is 0 Å². The second-order valence-corrected chi connectivity index (χ2v) is 8.23. The number of nitrogen functional groups attached to an aromatic ring is 1. The summed E-state index contributed by atoms with van der Waals surface area (Å²) < 4.78 is 5.20. The van der Waals surface area contributed by atoms with Crippen LogP contribution in [0.5, 0.6) is 5.75 Å². The van der Waals surface area contributed by atoms with Crippen molar-refractivity contribution in [2.75, 3.05) is 30.0 Å². The van der Waals surface area contributed by atoms with Crippen molar-refractivity contribution in [3.05, 3.63) is 64.1 Å². The molecule has 3 aromatic rings. The minimum absolute atomic E-state index is 0.286. The topological polar surface area (TPSA) is 92.5 Å². The van der Waals surface area contributed by atoms with Gasteiger partial charge in [0.1, 0.15) is 5.75 Å². The highest BCUT2D eigenvalue weighted by molar-refractivity contribution is 7.80. The van der Waals surface area contributed by atoms with Gasteiger partial charge in [-0.2, -0.15) is 0 Å². The smallest absolute Gasteiger partial charge is 0.284 e. The Bertz CT molecular complexity index is 1080. The molecule has 0 unspecified atom stereocenters. The number of rotatable bonds is 4. The molecular formula is C21H21N5O2S2. The first-order valence-electron chi connectivity index (χ1n) is 9.38. The fraction of sp³-hybridized carbons (Fsp3) is 0.190. The fourth-order valence-electron chi connectivity index (χ4n) is 3.14. The van der Waals surface area contributed by atoms with Crippen LogP contribution in [0, 0.1) is 0 Å². The first kappa shape index (κ1) is 20.1. The molecule has 1 amide bonds. The number of carbonyl (C=O) groups is 1. The molecule has 154 valence electrons. The quantitative estimate of drug-likeness (QED) is 0.421. The van der Waals surface area contributed by atoms with E-state index in [0.29, 0.717) is 33.8 Å². The van der Waals surface area contributed by atoms with Gasteiger partial charge in [0.25, 0.3) is 5.91 Å². The lowest BCUT2D eigenvalue weighted by Crippen LogP contribution is -2.38. The van der Waals surface area contributed by atoms with Crippen LogP contribution in [0.3, 0.4) is 0 Å². The van der Waals surface area contributed by atoms with E-state index in [1.54, 1.807) is 25.3 Å². The Labute approximate surface area is 183 Å². The molecule has 4 rings (SSSR count). The summed E-state index contributed by atoms with van der Waals surface area (Å²) in [5, 5.41) is 7.16. The maximum Gasteiger partial charge on any atom is 0.284 e. The zero-order valence-corrected chi connectivity index (χ0v) is 18.0. The van der Waals surface area contributed by atoms with Gasteiger partial charge in [-0.1, -0.05) is 18.2 Å². The molecule has 0 aliphatic carbocycles. The van der Waals surface area contributed by atoms with Crippen molar-refractivity contribution in [2.24, 2.45) is 0 Å². The number of fused-ring (bicyclic) bond motifs is 1. The van der Waals surface area contributed by atoms with Gasteiger partial charge < -0.3 is 26.0 Å². The summed E-state index contributed by atoms with van der Waals surface area (Å²) in [6.07, 6.45) is 0.733. The number of nitrogens with two attached hydrogens (primary N) is 1. The number of aromatic nitrogens is 1. The van der Waals surface area contributed by atoms with Crippen LogP contribution < -0.4 is 21.1 Å². The predicted molar refractivity (Wildman–Crippen MR) is 124 cm³/mol. The van der Waals surface area contributed by atoms with Crippen molar-refractivity contribution in [1.29, 1.82) is 0 Å². The van der Waals surface area contributed by atoms with Gasteiger partial charge in [-0.05, 0) is 36.5 Å². The van der Waals surface area contributed by atoms with Crippen LogP contribution in [-0.4, -0.2) is 34.6 Å². The molecule has 0 bridgehead atoms. The van der Waals surface area contributed by atoms with Crippen LogP contribution in [0.25, 0.3) is 0 Å². The Balaban J connectivity index is 1.44. The largest absolute Gasteiger partial charge is 0.497 e. The van der Waals surface area contributed by atoms with E-state index < -0.39 is 0 Å². The second-order valence-electron chi connectivity index (χ2n) is 6.76. The summed E-state index contributed by atoms with van der Waals surface area (Å²) in [4.78, 5) is 20.4. The van der Waals surface area contributed by atoms with Gasteiger partial charge in [0, 0.05) is 29.6 Å². The number of nitrogens with zero attached hydrogens (tertiary/aromatic N) is 2. The van der Waals surface area contributed by atoms with E-state index in [2.05, 4.69) is 20.5 Å². The van der Waals surface area contributed by atoms with Gasteiger partial charge in [0.15, 0.2) is 10.1 Å². The first-order chi connectivity index (χ1) is 14.5. The monoisotopic (exact) mass is 439 g/mol. The minimum Gasteiger partial charge on any atom is -0.497 e. The van der Waals surface area contributed by atoms with Crippen molar-refractivity contribution in [3.8, 4) is 5.75 Å². The molecule has 7 nitrogen and oxygen atoms in total. The highest BCUT2D eigenvalue weighted by atomic mass is 32.1. The molecule has 1 aromatic heterocycles. The molecule has 1 aliphatic heterocycles. The SMILES string of the molecule is COc1ccc(N)c(NC(=O)c2nc3c(s2)CN(C(=S)Nc2ccccc2)CC3)c1. The van der Waals surface area contributed by atoms with Crippen molar-refractivity contribution in [3.63, 3.8) is 0 Å². The molecule has 0 fully saturated rings. The summed E-state index contributed by atoms with van der Waals surface area (Å²) in [6, 6.07) is 15.0. The third-order valence-electron chi connectivity index (χ3n) is 4.75. The molecule has 0 saturated heterocycles. The molecule has 0 saturated carbocycles. The molecule has 1 aliphatic rings. The molecule has 0 radical (unpaired) electrons. The van der Waals surface area contributed by atoms with Crippen molar-refractivity contribution >= 4 is 51.6 Å². The second kappa shape index (κ2) is 8.68. The summed E-state index contributed by atoms with van der Waals surface area (Å²) in [5.74, 6) is 0.332. The van der Waals surface area contributed by atoms with Crippen LogP contribution in [0.15, 0.2) is 48.5 Å². The standard InChI is InChI=1S/C21H21N5O2S2/c1-28-14-7-8-15(22)17(11-14)24-19(27)20-25-16-9-10-26(12-18(16)30-20)21(29)23-13-5-3-2-4-6-13/h2-8,11H,9-10,12,22H2,1H3,(H,23,29)(H,24,27). The predicted octanol–water partition coefficient (Wildman–Crippen LogP) is 3.74. The van der Waals surface area contributed by atoms with Crippen molar-refractivity contribution < 1.29 is 9.53 Å². The Morgan fingerprint density at radius 3 is 2.80 bits per heavy atom. The van der Waals surface area contributed by atoms with Crippen LogP contribution >= 0.6 is 23.6 Å². The molecule has 9 heteroatoms. The van der Waals surface area contributed by atoms with Gasteiger partial charge in [-0.25, -0.2) is 4.98 Å². The normalized spacial score (nSPS) is 12.8. The first-order valence-corrected chi connectivity index (χ1v) is 10.6. The number of thiazole rings is 1. The maximum atomic E-state index is 12.7. The molecule has 4 N–H and O–H groups in total. The number of benzene rings is 2. The summed E-state index contributed by atoms with van der Waals surface area (Å²) in [5.41, 5.74) is 8.84. The van der Waals surface area contributed by atoms with Crippen LogP contribution in [0.1, 0.15) is 20.4 Å². The Hall–Kier alpha value is -3.17. The highest BCUT2D eigenvalue weighted by Gasteiger charge is 2.24. The number of nitrogens with one attached hydrogen (secondary N) is 2. The number of carbonyl (C=O) groups excluding carboxylic acids is 1. The number of para-hydroxylation sites is 1. The number of anilines is 3. The lowest BCUT2D eigenvalue weighted by molar-refractivity contribution is 0.102. The lowest BCUT2D eigenvalue weighted by Gasteiger charge is -2.28. The van der Waals surface area contributed by atoms with Gasteiger partial charge in [0.2, 0.25) is 0 Å². The number of methoxy groups -OCH3 is 1. The van der Waals surface area contributed by atoms with E-state index in [1.165, 1.54) is 11.3 Å². The summed E-state index contributed by atoms with van der Waals surface area (Å²) >= 11 is 6.94. The van der Waals surface area contributed by atoms with Crippen LogP contribution in [-0.2, 0) is 13.0 Å². The Morgan fingerprint density at radius 2 is 2.03 bits per heavy atom. The number of thiocarbonyl (C=S) groups is 1. The molecule has 30 heavy (non-hydrogen) atoms. The summed E-state index contributed by atoms with van der Waals surface area (Å²) in [6.45, 7) is 1.37. The Morgan fingerprint density at radius 1 is 1.23 bits per heavy atom. The van der Waals surface area contributed by atoms with Gasteiger partial charge >= 0.3 is 0 Å². The lowest BCUT2D eigenvalue weighted by atomic mass is 10.2. The number of hydrogen-bond acceptors (Lipinski definition) is 6. The molecule has 2 heterocycles.